The van der Waals surface area contributed by atoms with Crippen molar-refractivity contribution in [2.45, 2.75) is 13.3 Å². The number of nitrogens with zero attached hydrogens (tertiary/aromatic N) is 2. The summed E-state index contributed by atoms with van der Waals surface area (Å²) in [5.41, 5.74) is -0.477. The first-order valence-electron chi connectivity index (χ1n) is 5.67. The molecule has 0 aliphatic rings. The van der Waals surface area contributed by atoms with Crippen LogP contribution < -0.4 is 10.3 Å². The van der Waals surface area contributed by atoms with E-state index in [0.717, 1.165) is 4.68 Å². The lowest BCUT2D eigenvalue weighted by Gasteiger charge is -2.06. The van der Waals surface area contributed by atoms with Crippen LogP contribution in [0.25, 0.3) is 0 Å². The maximum Gasteiger partial charge on any atom is 0.274 e. The second kappa shape index (κ2) is 5.67. The minimum Gasteiger partial charge on any atom is -0.438 e. The molecule has 0 bridgehead atoms. The van der Waals surface area contributed by atoms with Gasteiger partial charge < -0.3 is 4.74 Å². The first-order valence-corrected chi connectivity index (χ1v) is 6.05. The number of carbonyl (C=O) groups is 1. The van der Waals surface area contributed by atoms with Gasteiger partial charge in [-0.3, -0.25) is 9.59 Å². The Hall–Kier alpha value is -2.14. The van der Waals surface area contributed by atoms with Crippen LogP contribution in [0.2, 0.25) is 5.02 Å². The molecule has 0 aliphatic carbocycles. The van der Waals surface area contributed by atoms with Gasteiger partial charge in [-0.15, -0.1) is 5.10 Å². The molecule has 2 rings (SSSR count). The number of carbonyl (C=O) groups excluding carboxylic acids is 1. The molecule has 1 heterocycles. The molecule has 1 aromatic carbocycles. The van der Waals surface area contributed by atoms with Crippen molar-refractivity contribution in [3.05, 3.63) is 51.8 Å². The molecule has 0 radical (unpaired) electrons. The van der Waals surface area contributed by atoms with Crippen LogP contribution in [-0.4, -0.2) is 15.7 Å². The summed E-state index contributed by atoms with van der Waals surface area (Å²) >= 11 is 5.76. The van der Waals surface area contributed by atoms with Crippen LogP contribution in [0.4, 0.5) is 0 Å². The molecule has 2 aromatic rings. The Morgan fingerprint density at radius 3 is 2.58 bits per heavy atom. The van der Waals surface area contributed by atoms with E-state index in [1.54, 1.807) is 31.2 Å². The summed E-state index contributed by atoms with van der Waals surface area (Å²) in [5.74, 6) is 0.307. The molecule has 0 saturated carbocycles. The molecule has 0 amide bonds. The minimum atomic E-state index is -0.477. The van der Waals surface area contributed by atoms with Gasteiger partial charge in [0.2, 0.25) is 11.8 Å². The first kappa shape index (κ1) is 13.3. The molecule has 0 N–H and O–H groups in total. The lowest BCUT2D eigenvalue weighted by atomic mass is 10.3. The van der Waals surface area contributed by atoms with Gasteiger partial charge in [0.25, 0.3) is 5.56 Å². The fraction of sp³-hybridized carbons (Fsp3) is 0.154. The van der Waals surface area contributed by atoms with E-state index in [9.17, 15) is 9.59 Å². The predicted octanol–water partition coefficient (Wildman–Crippen LogP) is 2.74. The van der Waals surface area contributed by atoms with Gasteiger partial charge in [-0.25, -0.2) is 0 Å². The normalized spacial score (nSPS) is 10.2. The lowest BCUT2D eigenvalue weighted by Crippen LogP contribution is -2.27. The monoisotopic (exact) mass is 278 g/mol. The van der Waals surface area contributed by atoms with E-state index in [2.05, 4.69) is 5.10 Å². The van der Waals surface area contributed by atoms with Gasteiger partial charge in [-0.1, -0.05) is 18.5 Å². The van der Waals surface area contributed by atoms with Crippen molar-refractivity contribution >= 4 is 17.5 Å². The Labute approximate surface area is 114 Å². The SMILES string of the molecule is CCC(=O)n1nc(Oc2ccc(Cl)cc2)ccc1=O. The Morgan fingerprint density at radius 1 is 1.26 bits per heavy atom. The number of hydrogen-bond donors (Lipinski definition) is 0. The van der Waals surface area contributed by atoms with Crippen LogP contribution >= 0.6 is 11.6 Å². The van der Waals surface area contributed by atoms with Crippen LogP contribution in [0.15, 0.2) is 41.2 Å². The lowest BCUT2D eigenvalue weighted by molar-refractivity contribution is 0.0884. The van der Waals surface area contributed by atoms with E-state index >= 15 is 0 Å². The average Bonchev–Trinajstić information content (AvgIpc) is 2.42. The molecule has 98 valence electrons. The van der Waals surface area contributed by atoms with Crippen molar-refractivity contribution in [2.24, 2.45) is 0 Å². The van der Waals surface area contributed by atoms with Crippen LogP contribution in [0.5, 0.6) is 11.6 Å². The van der Waals surface area contributed by atoms with Crippen LogP contribution in [0.3, 0.4) is 0 Å². The van der Waals surface area contributed by atoms with Crippen molar-refractivity contribution in [3.63, 3.8) is 0 Å². The average molecular weight is 279 g/mol. The largest absolute Gasteiger partial charge is 0.438 e. The molecule has 0 saturated heterocycles. The summed E-state index contributed by atoms with van der Waals surface area (Å²) in [7, 11) is 0. The molecule has 0 spiro atoms. The highest BCUT2D eigenvalue weighted by molar-refractivity contribution is 6.30. The number of halogens is 1. The topological polar surface area (TPSA) is 61.2 Å². The predicted molar refractivity (Wildman–Crippen MR) is 70.9 cm³/mol. The fourth-order valence-corrected chi connectivity index (χ4v) is 1.53. The van der Waals surface area contributed by atoms with Gasteiger partial charge in [0, 0.05) is 23.6 Å². The summed E-state index contributed by atoms with van der Waals surface area (Å²) in [6.45, 7) is 1.66. The molecule has 0 aliphatic heterocycles. The number of rotatable bonds is 3. The van der Waals surface area contributed by atoms with Gasteiger partial charge >= 0.3 is 0 Å². The molecule has 0 atom stereocenters. The third-order valence-electron chi connectivity index (χ3n) is 2.35. The number of hydrogen-bond acceptors (Lipinski definition) is 4. The zero-order valence-corrected chi connectivity index (χ0v) is 10.9. The van der Waals surface area contributed by atoms with E-state index in [0.29, 0.717) is 10.8 Å². The highest BCUT2D eigenvalue weighted by Gasteiger charge is 2.08. The van der Waals surface area contributed by atoms with E-state index in [1.807, 2.05) is 0 Å². The summed E-state index contributed by atoms with van der Waals surface area (Å²) in [4.78, 5) is 23.0. The van der Waals surface area contributed by atoms with Crippen molar-refractivity contribution in [2.75, 3.05) is 0 Å². The van der Waals surface area contributed by atoms with Gasteiger partial charge in [-0.2, -0.15) is 4.68 Å². The highest BCUT2D eigenvalue weighted by Crippen LogP contribution is 2.20. The third-order valence-corrected chi connectivity index (χ3v) is 2.60. The molecular formula is C13H11ClN2O3. The number of benzene rings is 1. The van der Waals surface area contributed by atoms with Crippen LogP contribution in [0, 0.1) is 0 Å². The Bertz CT molecular complexity index is 650. The Morgan fingerprint density at radius 2 is 1.95 bits per heavy atom. The maximum atomic E-state index is 11.5. The van der Waals surface area contributed by atoms with Crippen molar-refractivity contribution in [1.82, 2.24) is 9.78 Å². The minimum absolute atomic E-state index is 0.170. The van der Waals surface area contributed by atoms with Gasteiger partial charge in [0.15, 0.2) is 0 Å². The quantitative estimate of drug-likeness (QED) is 0.866. The number of ether oxygens (including phenoxy) is 1. The fourth-order valence-electron chi connectivity index (χ4n) is 1.40. The molecular weight excluding hydrogens is 268 g/mol. The zero-order valence-electron chi connectivity index (χ0n) is 10.2. The standard InChI is InChI=1S/C13H11ClN2O3/c1-2-12(17)16-13(18)8-7-11(15-16)19-10-5-3-9(14)4-6-10/h3-8H,2H2,1H3. The van der Waals surface area contributed by atoms with E-state index in [-0.39, 0.29) is 18.2 Å². The van der Waals surface area contributed by atoms with Crippen LogP contribution in [-0.2, 0) is 0 Å². The first-order chi connectivity index (χ1) is 9.10. The van der Waals surface area contributed by atoms with Crippen molar-refractivity contribution in [1.29, 1.82) is 0 Å². The van der Waals surface area contributed by atoms with Crippen molar-refractivity contribution < 1.29 is 9.53 Å². The highest BCUT2D eigenvalue weighted by atomic mass is 35.5. The molecule has 0 unspecified atom stereocenters. The number of aromatic nitrogens is 2. The smallest absolute Gasteiger partial charge is 0.274 e. The molecule has 19 heavy (non-hydrogen) atoms. The molecule has 0 fully saturated rings. The second-order valence-corrected chi connectivity index (χ2v) is 4.16. The van der Waals surface area contributed by atoms with E-state index in [4.69, 9.17) is 16.3 Å². The molecule has 5 nitrogen and oxygen atoms in total. The van der Waals surface area contributed by atoms with Gasteiger partial charge in [0.05, 0.1) is 0 Å². The van der Waals surface area contributed by atoms with Crippen LogP contribution in [0.1, 0.15) is 18.1 Å². The third kappa shape index (κ3) is 3.20. The summed E-state index contributed by atoms with van der Waals surface area (Å²) in [5, 5.41) is 4.45. The van der Waals surface area contributed by atoms with Gasteiger partial charge in [0.1, 0.15) is 5.75 Å². The molecule has 6 heteroatoms. The molecule has 1 aromatic heterocycles. The Balaban J connectivity index is 2.28. The summed E-state index contributed by atoms with van der Waals surface area (Å²) < 4.78 is 6.24. The second-order valence-electron chi connectivity index (χ2n) is 3.72. The Kier molecular flexibility index (Phi) is 3.97. The maximum absolute atomic E-state index is 11.5. The summed E-state index contributed by atoms with van der Waals surface area (Å²) in [6.07, 6.45) is 0.192. The zero-order chi connectivity index (χ0) is 13.8. The van der Waals surface area contributed by atoms with E-state index < -0.39 is 5.56 Å². The van der Waals surface area contributed by atoms with E-state index in [1.165, 1.54) is 12.1 Å². The van der Waals surface area contributed by atoms with Gasteiger partial charge in [-0.05, 0) is 24.3 Å². The summed E-state index contributed by atoms with van der Waals surface area (Å²) in [6, 6.07) is 9.33. The van der Waals surface area contributed by atoms with Crippen molar-refractivity contribution in [3.8, 4) is 11.6 Å².